The van der Waals surface area contributed by atoms with Gasteiger partial charge in [0.2, 0.25) is 0 Å². The Balaban J connectivity index is 0.976. The van der Waals surface area contributed by atoms with Crippen molar-refractivity contribution in [3.63, 3.8) is 0 Å². The lowest BCUT2D eigenvalue weighted by Gasteiger charge is -2.34. The smallest absolute Gasteiger partial charge is 0.178 e. The predicted molar refractivity (Wildman–Crippen MR) is 235 cm³/mol. The number of aromatic nitrogens is 2. The summed E-state index contributed by atoms with van der Waals surface area (Å²) in [7, 11) is 0. The predicted octanol–water partition coefficient (Wildman–Crippen LogP) is 14.1. The van der Waals surface area contributed by atoms with Crippen molar-refractivity contribution in [2.75, 3.05) is 0 Å². The maximum absolute atomic E-state index is 6.93. The lowest BCUT2D eigenvalue weighted by molar-refractivity contribution is 0.360. The molecule has 10 aromatic rings. The number of ether oxygens (including phenoxy) is 2. The molecule has 58 heavy (non-hydrogen) atoms. The molecule has 8 aromatic carbocycles. The van der Waals surface area contributed by atoms with Gasteiger partial charge in [-0.25, -0.2) is 9.97 Å². The molecule has 0 amide bonds. The third-order valence-corrected chi connectivity index (χ3v) is 12.8. The quantitative estimate of drug-likeness (QED) is 0.175. The van der Waals surface area contributed by atoms with E-state index in [1.54, 1.807) is 0 Å². The van der Waals surface area contributed by atoms with Gasteiger partial charge < -0.3 is 9.47 Å². The van der Waals surface area contributed by atoms with Crippen LogP contribution >= 0.6 is 11.3 Å². The molecule has 0 N–H and O–H groups in total. The number of thiophene rings is 1. The number of benzene rings is 8. The van der Waals surface area contributed by atoms with Gasteiger partial charge in [0, 0.05) is 42.4 Å². The Morgan fingerprint density at radius 1 is 0.414 bits per heavy atom. The van der Waals surface area contributed by atoms with E-state index in [0.29, 0.717) is 23.1 Å². The molecule has 0 unspecified atom stereocenters. The monoisotopic (exact) mass is 760 g/mol. The summed E-state index contributed by atoms with van der Waals surface area (Å²) in [6, 6.07) is 68.2. The molecule has 0 radical (unpaired) electrons. The van der Waals surface area contributed by atoms with Gasteiger partial charge in [-0.15, -0.1) is 11.3 Å². The zero-order valence-electron chi connectivity index (χ0n) is 31.1. The summed E-state index contributed by atoms with van der Waals surface area (Å²) in [5, 5.41) is 2.54. The zero-order chi connectivity index (χ0) is 38.2. The molecule has 2 aromatic heterocycles. The topological polar surface area (TPSA) is 44.2 Å². The van der Waals surface area contributed by atoms with E-state index in [1.807, 2.05) is 41.7 Å². The van der Waals surface area contributed by atoms with Crippen molar-refractivity contribution < 1.29 is 9.47 Å². The molecule has 272 valence electrons. The maximum Gasteiger partial charge on any atom is 0.178 e. The third-order valence-electron chi connectivity index (χ3n) is 11.6. The first-order chi connectivity index (χ1) is 28.7. The molecule has 4 nitrogen and oxygen atoms in total. The highest BCUT2D eigenvalue weighted by atomic mass is 32.1. The zero-order valence-corrected chi connectivity index (χ0v) is 31.9. The summed E-state index contributed by atoms with van der Waals surface area (Å²) < 4.78 is 16.2. The van der Waals surface area contributed by atoms with E-state index in [-0.39, 0.29) is 0 Å². The van der Waals surface area contributed by atoms with Crippen molar-refractivity contribution in [1.29, 1.82) is 0 Å². The van der Waals surface area contributed by atoms with Crippen LogP contribution in [0.5, 0.6) is 23.0 Å². The minimum Gasteiger partial charge on any atom is -0.449 e. The van der Waals surface area contributed by atoms with Crippen LogP contribution in [0.4, 0.5) is 0 Å². The van der Waals surface area contributed by atoms with Crippen LogP contribution in [0.25, 0.3) is 65.2 Å². The number of fused-ring (bicyclic) bond motifs is 9. The second kappa shape index (κ2) is 12.8. The summed E-state index contributed by atoms with van der Waals surface area (Å²) in [5.41, 5.74) is 11.0. The fourth-order valence-corrected chi connectivity index (χ4v) is 10.2. The van der Waals surface area contributed by atoms with E-state index < -0.39 is 5.41 Å². The lowest BCUT2D eigenvalue weighted by Crippen LogP contribution is -2.28. The van der Waals surface area contributed by atoms with E-state index in [9.17, 15) is 0 Å². The van der Waals surface area contributed by atoms with Crippen LogP contribution in [0.2, 0.25) is 0 Å². The van der Waals surface area contributed by atoms with E-state index in [2.05, 4.69) is 164 Å². The first-order valence-corrected chi connectivity index (χ1v) is 20.3. The second-order valence-corrected chi connectivity index (χ2v) is 15.9. The van der Waals surface area contributed by atoms with Gasteiger partial charge in [-0.2, -0.15) is 0 Å². The number of hydrogen-bond acceptors (Lipinski definition) is 5. The van der Waals surface area contributed by atoms with Gasteiger partial charge in [0.15, 0.2) is 28.8 Å². The fraction of sp³-hybridized carbons (Fsp3) is 0.0189. The molecule has 0 saturated heterocycles. The number of nitrogens with zero attached hydrogens (tertiary/aromatic N) is 2. The van der Waals surface area contributed by atoms with Crippen LogP contribution in [-0.4, -0.2) is 9.97 Å². The van der Waals surface area contributed by atoms with Crippen molar-refractivity contribution >= 4 is 31.5 Å². The molecule has 12 rings (SSSR count). The molecule has 0 fully saturated rings. The molecule has 0 atom stereocenters. The van der Waals surface area contributed by atoms with E-state index >= 15 is 0 Å². The number of rotatable bonds is 5. The van der Waals surface area contributed by atoms with Gasteiger partial charge in [0.1, 0.15) is 0 Å². The van der Waals surface area contributed by atoms with Crippen LogP contribution in [0.3, 0.4) is 0 Å². The Morgan fingerprint density at radius 2 is 1.03 bits per heavy atom. The SMILES string of the molecule is c1ccc(-c2nc(-c3ccc4c(c3)Oc3ccc5c(c3O4)-c3ccccc3C5(c3ccccc3)c3ccccc3)cc(-c3ccc4c(c3)sc3ccccc34)n2)cc1. The number of hydrogen-bond donors (Lipinski definition) is 0. The van der Waals surface area contributed by atoms with Crippen molar-refractivity contribution in [1.82, 2.24) is 9.97 Å². The van der Waals surface area contributed by atoms with E-state index in [1.165, 1.54) is 42.4 Å². The average molecular weight is 761 g/mol. The molecule has 0 bridgehead atoms. The minimum absolute atomic E-state index is 0.528. The van der Waals surface area contributed by atoms with E-state index in [0.717, 1.165) is 45.0 Å². The maximum atomic E-state index is 6.93. The first kappa shape index (κ1) is 32.9. The molecule has 2 aliphatic rings. The van der Waals surface area contributed by atoms with Crippen molar-refractivity contribution in [2.45, 2.75) is 5.41 Å². The van der Waals surface area contributed by atoms with Gasteiger partial charge in [0.25, 0.3) is 0 Å². The highest BCUT2D eigenvalue weighted by Gasteiger charge is 2.48. The Hall–Kier alpha value is -7.34. The standard InChI is InChI=1S/C53H32N2O2S/c1-4-14-33(15-5-1)52-54-43(32-44(55-52)35-24-26-39-38-20-11-13-23-48(38)58-49(39)31-35)34-25-28-45-47(30-34)56-46-29-27-42-50(51(46)57-45)40-21-10-12-22-41(40)53(42,36-16-6-2-7-17-36)37-18-8-3-9-19-37/h1-32H. The fourth-order valence-electron chi connectivity index (χ4n) is 9.07. The van der Waals surface area contributed by atoms with Gasteiger partial charge >= 0.3 is 0 Å². The summed E-state index contributed by atoms with van der Waals surface area (Å²) in [6.07, 6.45) is 0. The van der Waals surface area contributed by atoms with Crippen LogP contribution in [0.15, 0.2) is 194 Å². The highest BCUT2D eigenvalue weighted by molar-refractivity contribution is 7.25. The van der Waals surface area contributed by atoms with Gasteiger partial charge in [-0.1, -0.05) is 152 Å². The van der Waals surface area contributed by atoms with Crippen LogP contribution in [0, 0.1) is 0 Å². The third kappa shape index (κ3) is 4.93. The van der Waals surface area contributed by atoms with Gasteiger partial charge in [0.05, 0.1) is 16.8 Å². The van der Waals surface area contributed by atoms with E-state index in [4.69, 9.17) is 19.4 Å². The van der Waals surface area contributed by atoms with Crippen LogP contribution < -0.4 is 9.47 Å². The normalized spacial score (nSPS) is 13.2. The second-order valence-electron chi connectivity index (χ2n) is 14.8. The Morgan fingerprint density at radius 3 is 1.81 bits per heavy atom. The lowest BCUT2D eigenvalue weighted by atomic mass is 9.68. The van der Waals surface area contributed by atoms with Gasteiger partial charge in [-0.3, -0.25) is 0 Å². The largest absolute Gasteiger partial charge is 0.449 e. The summed E-state index contributed by atoms with van der Waals surface area (Å²) in [5.74, 6) is 3.37. The van der Waals surface area contributed by atoms with Crippen LogP contribution in [-0.2, 0) is 5.41 Å². The van der Waals surface area contributed by atoms with Crippen molar-refractivity contribution in [3.05, 3.63) is 216 Å². The first-order valence-electron chi connectivity index (χ1n) is 19.5. The molecular formula is C53H32N2O2S. The van der Waals surface area contributed by atoms with Crippen molar-refractivity contribution in [2.24, 2.45) is 0 Å². The summed E-state index contributed by atoms with van der Waals surface area (Å²) in [6.45, 7) is 0. The van der Waals surface area contributed by atoms with Crippen molar-refractivity contribution in [3.8, 4) is 68.0 Å². The Labute approximate surface area is 339 Å². The minimum atomic E-state index is -0.528. The molecule has 0 saturated carbocycles. The molecule has 3 heterocycles. The average Bonchev–Trinajstić information content (AvgIpc) is 3.82. The molecular weight excluding hydrogens is 729 g/mol. The molecule has 1 aliphatic heterocycles. The molecule has 1 aliphatic carbocycles. The highest BCUT2D eigenvalue weighted by Crippen LogP contribution is 2.62. The van der Waals surface area contributed by atoms with Gasteiger partial charge in [-0.05, 0) is 70.3 Å². The summed E-state index contributed by atoms with van der Waals surface area (Å²) in [4.78, 5) is 10.3. The Kier molecular flexibility index (Phi) is 7.28. The van der Waals surface area contributed by atoms with Crippen LogP contribution in [0.1, 0.15) is 22.3 Å². The Bertz CT molecular complexity index is 3190. The molecule has 0 spiro atoms. The molecule has 5 heteroatoms. The summed E-state index contributed by atoms with van der Waals surface area (Å²) >= 11 is 1.81.